The van der Waals surface area contributed by atoms with Crippen LogP contribution in [0.3, 0.4) is 0 Å². The van der Waals surface area contributed by atoms with Crippen LogP contribution in [0.1, 0.15) is 31.2 Å². The lowest BCUT2D eigenvalue weighted by molar-refractivity contribution is 0.00916. The van der Waals surface area contributed by atoms with E-state index < -0.39 is 0 Å². The molecule has 4 nitrogen and oxygen atoms in total. The quantitative estimate of drug-likeness (QED) is 0.796. The lowest BCUT2D eigenvalue weighted by atomic mass is 10.1. The van der Waals surface area contributed by atoms with E-state index in [4.69, 9.17) is 10.5 Å². The number of nitrogens with two attached hydrogens (primary N) is 1. The van der Waals surface area contributed by atoms with Gasteiger partial charge in [-0.2, -0.15) is 0 Å². The number of hydrogen-bond donors (Lipinski definition) is 1. The molecule has 3 heterocycles. The lowest BCUT2D eigenvalue weighted by Crippen LogP contribution is -2.14. The Kier molecular flexibility index (Phi) is 2.29. The molecule has 0 amide bonds. The van der Waals surface area contributed by atoms with E-state index >= 15 is 0 Å². The van der Waals surface area contributed by atoms with E-state index in [2.05, 4.69) is 4.98 Å². The van der Waals surface area contributed by atoms with Gasteiger partial charge in [-0.25, -0.2) is 4.98 Å². The molecule has 3 rings (SSSR count). The molecule has 0 aromatic carbocycles. The summed E-state index contributed by atoms with van der Waals surface area (Å²) in [7, 11) is 0. The van der Waals surface area contributed by atoms with E-state index in [-0.39, 0.29) is 6.10 Å². The maximum Gasteiger partial charge on any atom is 0.142 e. The van der Waals surface area contributed by atoms with Crippen molar-refractivity contribution < 1.29 is 4.74 Å². The number of hydrogen-bond acceptors (Lipinski definition) is 3. The molecule has 0 aliphatic carbocycles. The molecule has 1 saturated heterocycles. The summed E-state index contributed by atoms with van der Waals surface area (Å²) >= 11 is 0. The first-order valence-electron chi connectivity index (χ1n) is 5.69. The Morgan fingerprint density at radius 3 is 3.19 bits per heavy atom. The predicted octanol–water partition coefficient (Wildman–Crippen LogP) is 2.16. The Hall–Kier alpha value is -1.55. The summed E-state index contributed by atoms with van der Waals surface area (Å²) in [5, 5.41) is 0. The summed E-state index contributed by atoms with van der Waals surface area (Å²) in [5.74, 6) is 0.974. The monoisotopic (exact) mass is 217 g/mol. The topological polar surface area (TPSA) is 52.5 Å². The van der Waals surface area contributed by atoms with E-state index in [1.807, 2.05) is 28.9 Å². The standard InChI is InChI=1S/C12H15N3O/c13-9-4-3-6-15-10(9)8-14-12(15)11-5-1-2-7-16-11/h3-4,6,8,11H,1-2,5,7,13H2. The van der Waals surface area contributed by atoms with Gasteiger partial charge in [0.05, 0.1) is 17.4 Å². The van der Waals surface area contributed by atoms with Crippen LogP contribution in [0.5, 0.6) is 0 Å². The second-order valence-electron chi connectivity index (χ2n) is 4.19. The lowest BCUT2D eigenvalue weighted by Gasteiger charge is -2.21. The molecular formula is C12H15N3O. The Labute approximate surface area is 94.0 Å². The van der Waals surface area contributed by atoms with Crippen molar-refractivity contribution in [2.24, 2.45) is 0 Å². The molecule has 0 radical (unpaired) electrons. The van der Waals surface area contributed by atoms with Crippen LogP contribution in [-0.2, 0) is 4.74 Å². The Morgan fingerprint density at radius 2 is 2.38 bits per heavy atom. The minimum atomic E-state index is 0.123. The van der Waals surface area contributed by atoms with Crippen LogP contribution in [0.25, 0.3) is 5.52 Å². The summed E-state index contributed by atoms with van der Waals surface area (Å²) in [6, 6.07) is 3.83. The van der Waals surface area contributed by atoms with Crippen LogP contribution in [0.15, 0.2) is 24.5 Å². The largest absolute Gasteiger partial charge is 0.397 e. The van der Waals surface area contributed by atoms with Gasteiger partial charge < -0.3 is 10.5 Å². The van der Waals surface area contributed by atoms with Crippen molar-refractivity contribution >= 4 is 11.2 Å². The van der Waals surface area contributed by atoms with Crippen molar-refractivity contribution in [2.75, 3.05) is 12.3 Å². The SMILES string of the molecule is Nc1cccn2c(C3CCCCO3)ncc12. The fourth-order valence-corrected chi connectivity index (χ4v) is 2.25. The first kappa shape index (κ1) is 9.66. The minimum Gasteiger partial charge on any atom is -0.397 e. The number of fused-ring (bicyclic) bond motifs is 1. The van der Waals surface area contributed by atoms with Crippen LogP contribution in [0.2, 0.25) is 0 Å². The minimum absolute atomic E-state index is 0.123. The second-order valence-corrected chi connectivity index (χ2v) is 4.19. The predicted molar refractivity (Wildman–Crippen MR) is 62.1 cm³/mol. The molecule has 4 heteroatoms. The summed E-state index contributed by atoms with van der Waals surface area (Å²) in [6.07, 6.45) is 7.35. The van der Waals surface area contributed by atoms with Gasteiger partial charge in [0.15, 0.2) is 0 Å². The van der Waals surface area contributed by atoms with Crippen molar-refractivity contribution in [3.8, 4) is 0 Å². The maximum absolute atomic E-state index is 5.90. The van der Waals surface area contributed by atoms with Crippen molar-refractivity contribution in [2.45, 2.75) is 25.4 Å². The van der Waals surface area contributed by atoms with E-state index in [1.54, 1.807) is 0 Å². The van der Waals surface area contributed by atoms with Gasteiger partial charge in [0.1, 0.15) is 11.9 Å². The zero-order valence-electron chi connectivity index (χ0n) is 9.10. The van der Waals surface area contributed by atoms with Crippen molar-refractivity contribution in [3.05, 3.63) is 30.4 Å². The maximum atomic E-state index is 5.90. The van der Waals surface area contributed by atoms with Crippen molar-refractivity contribution in [1.82, 2.24) is 9.38 Å². The molecule has 0 saturated carbocycles. The summed E-state index contributed by atoms with van der Waals surface area (Å²) in [5.41, 5.74) is 7.62. The summed E-state index contributed by atoms with van der Waals surface area (Å²) in [4.78, 5) is 4.44. The molecule has 2 N–H and O–H groups in total. The van der Waals surface area contributed by atoms with Crippen molar-refractivity contribution in [3.63, 3.8) is 0 Å². The Morgan fingerprint density at radius 1 is 1.44 bits per heavy atom. The summed E-state index contributed by atoms with van der Waals surface area (Å²) < 4.78 is 7.78. The van der Waals surface area contributed by atoms with Gasteiger partial charge in [0, 0.05) is 12.8 Å². The Balaban J connectivity index is 2.06. The molecule has 1 aliphatic rings. The van der Waals surface area contributed by atoms with Crippen LogP contribution < -0.4 is 5.73 Å². The van der Waals surface area contributed by atoms with E-state index in [0.29, 0.717) is 0 Å². The normalized spacial score (nSPS) is 21.4. The highest BCUT2D eigenvalue weighted by Crippen LogP contribution is 2.28. The van der Waals surface area contributed by atoms with Gasteiger partial charge in [-0.3, -0.25) is 4.40 Å². The highest BCUT2D eigenvalue weighted by atomic mass is 16.5. The number of nitrogens with zero attached hydrogens (tertiary/aromatic N) is 2. The first-order valence-corrected chi connectivity index (χ1v) is 5.69. The van der Waals surface area contributed by atoms with Crippen LogP contribution in [-0.4, -0.2) is 16.0 Å². The molecule has 1 fully saturated rings. The number of rotatable bonds is 1. The summed E-state index contributed by atoms with van der Waals surface area (Å²) in [6.45, 7) is 0.835. The van der Waals surface area contributed by atoms with Crippen molar-refractivity contribution in [1.29, 1.82) is 0 Å². The van der Waals surface area contributed by atoms with Gasteiger partial charge in [-0.05, 0) is 31.4 Å². The molecule has 16 heavy (non-hydrogen) atoms. The van der Waals surface area contributed by atoms with Gasteiger partial charge in [0.2, 0.25) is 0 Å². The van der Waals surface area contributed by atoms with E-state index in [1.165, 1.54) is 6.42 Å². The third-order valence-corrected chi connectivity index (χ3v) is 3.10. The zero-order valence-corrected chi connectivity index (χ0v) is 9.10. The number of imidazole rings is 1. The third kappa shape index (κ3) is 1.46. The Bertz CT molecular complexity index is 500. The molecule has 1 unspecified atom stereocenters. The van der Waals surface area contributed by atoms with Crippen LogP contribution in [0.4, 0.5) is 5.69 Å². The number of aromatic nitrogens is 2. The average molecular weight is 217 g/mol. The number of nitrogen functional groups attached to an aromatic ring is 1. The van der Waals surface area contributed by atoms with Gasteiger partial charge in [0.25, 0.3) is 0 Å². The number of pyridine rings is 1. The molecule has 1 atom stereocenters. The van der Waals surface area contributed by atoms with E-state index in [9.17, 15) is 0 Å². The fraction of sp³-hybridized carbons (Fsp3) is 0.417. The van der Waals surface area contributed by atoms with Crippen LogP contribution >= 0.6 is 0 Å². The highest BCUT2D eigenvalue weighted by Gasteiger charge is 2.20. The van der Waals surface area contributed by atoms with Gasteiger partial charge >= 0.3 is 0 Å². The van der Waals surface area contributed by atoms with Gasteiger partial charge in [-0.1, -0.05) is 0 Å². The van der Waals surface area contributed by atoms with Crippen LogP contribution in [0, 0.1) is 0 Å². The molecule has 2 aromatic rings. The average Bonchev–Trinajstić information content (AvgIpc) is 2.75. The van der Waals surface area contributed by atoms with Gasteiger partial charge in [-0.15, -0.1) is 0 Å². The second kappa shape index (κ2) is 3.79. The molecule has 84 valence electrons. The molecular weight excluding hydrogens is 202 g/mol. The molecule has 2 aromatic heterocycles. The fourth-order valence-electron chi connectivity index (χ4n) is 2.25. The smallest absolute Gasteiger partial charge is 0.142 e. The molecule has 1 aliphatic heterocycles. The molecule has 0 spiro atoms. The third-order valence-electron chi connectivity index (χ3n) is 3.10. The zero-order chi connectivity index (χ0) is 11.0. The highest BCUT2D eigenvalue weighted by molar-refractivity contribution is 5.68. The first-order chi connectivity index (χ1) is 7.86. The number of ether oxygens (including phenoxy) is 1. The molecule has 0 bridgehead atoms. The number of anilines is 1. The van der Waals surface area contributed by atoms with E-state index in [0.717, 1.165) is 36.5 Å².